The van der Waals surface area contributed by atoms with Gasteiger partial charge in [0.15, 0.2) is 29.5 Å². The lowest BCUT2D eigenvalue weighted by atomic mass is 10.1. The van der Waals surface area contributed by atoms with Gasteiger partial charge in [0.1, 0.15) is 5.69 Å². The first-order valence-corrected chi connectivity index (χ1v) is 8.62. The fraction of sp³-hybridized carbons (Fsp3) is 0.250. The van der Waals surface area contributed by atoms with E-state index in [9.17, 15) is 9.59 Å². The summed E-state index contributed by atoms with van der Waals surface area (Å²) < 4.78 is 21.4. The van der Waals surface area contributed by atoms with E-state index in [1.165, 1.54) is 0 Å². The fourth-order valence-corrected chi connectivity index (χ4v) is 2.82. The molecule has 0 saturated heterocycles. The number of Topliss-reactive ketones (excluding diaryl/α,β-unsaturated/α-hetero) is 1. The smallest absolute Gasteiger partial charge is 0.312 e. The van der Waals surface area contributed by atoms with E-state index in [1.54, 1.807) is 24.3 Å². The van der Waals surface area contributed by atoms with Gasteiger partial charge in [-0.1, -0.05) is 17.3 Å². The summed E-state index contributed by atoms with van der Waals surface area (Å²) in [5.74, 6) is 0.276. The standard InChI is InChI=1S/C20H17NO6/c22-16(13-6-7-18-19(10-13)25-9-3-8-24-18)12-26-20(23)11-15-14-4-1-2-5-17(14)27-21-15/h1-2,4-7,10H,3,8-9,11-12H2. The SMILES string of the molecule is O=C(Cc1noc2ccccc12)OCC(=O)c1ccc2c(c1)OCCCO2. The molecule has 0 saturated carbocycles. The molecule has 4 rings (SSSR count). The molecule has 0 atom stereocenters. The van der Waals surface area contributed by atoms with Crippen LogP contribution in [0.25, 0.3) is 11.0 Å². The average Bonchev–Trinajstić information content (AvgIpc) is 2.94. The van der Waals surface area contributed by atoms with E-state index < -0.39 is 5.97 Å². The second-order valence-corrected chi connectivity index (χ2v) is 6.10. The highest BCUT2D eigenvalue weighted by Crippen LogP contribution is 2.30. The molecule has 0 amide bonds. The van der Waals surface area contributed by atoms with Crippen LogP contribution in [-0.2, 0) is 16.0 Å². The Hall–Kier alpha value is -3.35. The van der Waals surface area contributed by atoms with Gasteiger partial charge in [-0.25, -0.2) is 0 Å². The fourth-order valence-electron chi connectivity index (χ4n) is 2.82. The van der Waals surface area contributed by atoms with Crippen molar-refractivity contribution in [2.45, 2.75) is 12.8 Å². The second kappa shape index (κ2) is 7.49. The van der Waals surface area contributed by atoms with Crippen LogP contribution in [-0.4, -0.2) is 36.7 Å². The number of benzene rings is 2. The molecule has 1 aliphatic heterocycles. The summed E-state index contributed by atoms with van der Waals surface area (Å²) in [6.07, 6.45) is 0.720. The van der Waals surface area contributed by atoms with E-state index in [0.717, 1.165) is 11.8 Å². The van der Waals surface area contributed by atoms with Gasteiger partial charge >= 0.3 is 5.97 Å². The number of ether oxygens (including phenoxy) is 3. The van der Waals surface area contributed by atoms with Gasteiger partial charge in [-0.3, -0.25) is 9.59 Å². The first kappa shape index (κ1) is 17.1. The number of nitrogens with zero attached hydrogens (tertiary/aromatic N) is 1. The number of para-hydroxylation sites is 1. The highest BCUT2D eigenvalue weighted by atomic mass is 16.5. The third-order valence-corrected chi connectivity index (χ3v) is 4.20. The van der Waals surface area contributed by atoms with E-state index in [4.69, 9.17) is 18.7 Å². The van der Waals surface area contributed by atoms with Crippen LogP contribution in [0.3, 0.4) is 0 Å². The Kier molecular flexibility index (Phi) is 4.74. The molecule has 7 heteroatoms. The molecule has 2 heterocycles. The Balaban J connectivity index is 1.37. The van der Waals surface area contributed by atoms with Crippen LogP contribution in [0, 0.1) is 0 Å². The molecule has 7 nitrogen and oxygen atoms in total. The molecule has 138 valence electrons. The van der Waals surface area contributed by atoms with Crippen LogP contribution in [0.1, 0.15) is 22.5 Å². The Labute approximate surface area is 154 Å². The maximum atomic E-state index is 12.3. The molecule has 3 aromatic rings. The minimum atomic E-state index is -0.545. The molecule has 0 aliphatic carbocycles. The van der Waals surface area contributed by atoms with Crippen LogP contribution in [0.15, 0.2) is 47.0 Å². The topological polar surface area (TPSA) is 87.9 Å². The zero-order valence-corrected chi connectivity index (χ0v) is 14.5. The predicted octanol–water partition coefficient (Wildman–Crippen LogP) is 2.96. The maximum absolute atomic E-state index is 12.3. The van der Waals surface area contributed by atoms with Crippen molar-refractivity contribution in [1.82, 2.24) is 5.16 Å². The predicted molar refractivity (Wildman–Crippen MR) is 95.1 cm³/mol. The van der Waals surface area contributed by atoms with Crippen molar-refractivity contribution in [3.05, 3.63) is 53.7 Å². The molecule has 27 heavy (non-hydrogen) atoms. The third kappa shape index (κ3) is 3.76. The number of carbonyl (C=O) groups is 2. The van der Waals surface area contributed by atoms with E-state index in [2.05, 4.69) is 5.16 Å². The van der Waals surface area contributed by atoms with Crippen LogP contribution < -0.4 is 9.47 Å². The molecular weight excluding hydrogens is 350 g/mol. The number of rotatable bonds is 5. The Morgan fingerprint density at radius 3 is 2.74 bits per heavy atom. The molecular formula is C20H17NO6. The van der Waals surface area contributed by atoms with Gasteiger partial charge in [-0.05, 0) is 30.3 Å². The molecule has 0 bridgehead atoms. The normalized spacial score (nSPS) is 13.2. The molecule has 0 radical (unpaired) electrons. The van der Waals surface area contributed by atoms with Crippen LogP contribution in [0.2, 0.25) is 0 Å². The highest BCUT2D eigenvalue weighted by Gasteiger charge is 2.17. The van der Waals surface area contributed by atoms with Crippen LogP contribution >= 0.6 is 0 Å². The molecule has 0 fully saturated rings. The molecule has 0 spiro atoms. The summed E-state index contributed by atoms with van der Waals surface area (Å²) >= 11 is 0. The second-order valence-electron chi connectivity index (χ2n) is 6.10. The van der Waals surface area contributed by atoms with Gasteiger partial charge in [-0.15, -0.1) is 0 Å². The zero-order valence-electron chi connectivity index (χ0n) is 14.5. The Morgan fingerprint density at radius 2 is 1.85 bits per heavy atom. The number of aromatic nitrogens is 1. The highest BCUT2D eigenvalue weighted by molar-refractivity contribution is 5.98. The van der Waals surface area contributed by atoms with Gasteiger partial charge in [0, 0.05) is 17.4 Å². The van der Waals surface area contributed by atoms with Crippen molar-refractivity contribution in [3.63, 3.8) is 0 Å². The minimum Gasteiger partial charge on any atom is -0.490 e. The van der Waals surface area contributed by atoms with Gasteiger partial charge < -0.3 is 18.7 Å². The first-order chi connectivity index (χ1) is 13.2. The third-order valence-electron chi connectivity index (χ3n) is 4.20. The number of hydrogen-bond acceptors (Lipinski definition) is 7. The summed E-state index contributed by atoms with van der Waals surface area (Å²) in [5, 5.41) is 4.64. The van der Waals surface area contributed by atoms with Crippen molar-refractivity contribution in [2.75, 3.05) is 19.8 Å². The molecule has 0 N–H and O–H groups in total. The van der Waals surface area contributed by atoms with E-state index >= 15 is 0 Å². The largest absolute Gasteiger partial charge is 0.490 e. The Bertz CT molecular complexity index is 993. The van der Waals surface area contributed by atoms with Crippen LogP contribution in [0.4, 0.5) is 0 Å². The van der Waals surface area contributed by atoms with Crippen molar-refractivity contribution in [1.29, 1.82) is 0 Å². The summed E-state index contributed by atoms with van der Waals surface area (Å²) in [7, 11) is 0. The average molecular weight is 367 g/mol. The van der Waals surface area contributed by atoms with Gasteiger partial charge in [0.2, 0.25) is 0 Å². The zero-order chi connectivity index (χ0) is 18.6. The molecule has 1 aliphatic rings. The summed E-state index contributed by atoms with van der Waals surface area (Å²) in [6, 6.07) is 12.2. The molecule has 0 unspecified atom stereocenters. The van der Waals surface area contributed by atoms with Crippen LogP contribution in [0.5, 0.6) is 11.5 Å². The van der Waals surface area contributed by atoms with E-state index in [0.29, 0.717) is 41.6 Å². The molecule has 2 aromatic carbocycles. The van der Waals surface area contributed by atoms with Crippen molar-refractivity contribution in [3.8, 4) is 11.5 Å². The van der Waals surface area contributed by atoms with Crippen molar-refractivity contribution in [2.24, 2.45) is 0 Å². The summed E-state index contributed by atoms with van der Waals surface area (Å²) in [4.78, 5) is 24.4. The van der Waals surface area contributed by atoms with Crippen molar-refractivity contribution < 1.29 is 28.3 Å². The number of hydrogen-bond donors (Lipinski definition) is 0. The quantitative estimate of drug-likeness (QED) is 0.506. The maximum Gasteiger partial charge on any atom is 0.312 e. The first-order valence-electron chi connectivity index (χ1n) is 8.62. The van der Waals surface area contributed by atoms with Gasteiger partial charge in [0.05, 0.1) is 19.6 Å². The molecule has 1 aromatic heterocycles. The monoisotopic (exact) mass is 367 g/mol. The Morgan fingerprint density at radius 1 is 1.04 bits per heavy atom. The number of fused-ring (bicyclic) bond motifs is 2. The summed E-state index contributed by atoms with van der Waals surface area (Å²) in [6.45, 7) is 0.758. The number of carbonyl (C=O) groups excluding carboxylic acids is 2. The van der Waals surface area contributed by atoms with E-state index in [1.807, 2.05) is 18.2 Å². The van der Waals surface area contributed by atoms with E-state index in [-0.39, 0.29) is 18.8 Å². The lowest BCUT2D eigenvalue weighted by Gasteiger charge is -2.09. The van der Waals surface area contributed by atoms with Gasteiger partial charge in [-0.2, -0.15) is 0 Å². The number of esters is 1. The minimum absolute atomic E-state index is 0.0641. The summed E-state index contributed by atoms with van der Waals surface area (Å²) in [5.41, 5.74) is 1.49. The lowest BCUT2D eigenvalue weighted by molar-refractivity contribution is -0.141. The lowest BCUT2D eigenvalue weighted by Crippen LogP contribution is -2.16. The number of ketones is 1. The van der Waals surface area contributed by atoms with Crippen molar-refractivity contribution >= 4 is 22.7 Å². The van der Waals surface area contributed by atoms with Gasteiger partial charge in [0.25, 0.3) is 0 Å².